The Bertz CT molecular complexity index is 1690. The number of rotatable bonds is 9. The standard InChI is InChI=1S/C38H45N7O3/c1-40-34-9-5-31(21-28(34)22-39)41-30-14-18-44(19-15-30)32-6-2-25(3-7-32)23-43-16-12-26(13-17-43)27-4-8-33-29(20-27)24-45(38(33)48)35-10-11-36(46)42-37(35)47/h2-9,20-22,26,30,35,39-41H,10-19,23-24H2,1H3,(H,42,46,47). The fourth-order valence-corrected chi connectivity index (χ4v) is 7.86. The van der Waals surface area contributed by atoms with Crippen molar-refractivity contribution in [3.8, 4) is 0 Å². The van der Waals surface area contributed by atoms with Crippen molar-refractivity contribution in [3.63, 3.8) is 0 Å². The molecule has 10 nitrogen and oxygen atoms in total. The minimum absolute atomic E-state index is 0.112. The van der Waals surface area contributed by atoms with Crippen LogP contribution in [0.15, 0.2) is 60.7 Å². The van der Waals surface area contributed by atoms with Crippen LogP contribution < -0.4 is 20.9 Å². The van der Waals surface area contributed by atoms with E-state index < -0.39 is 6.04 Å². The first kappa shape index (κ1) is 31.9. The monoisotopic (exact) mass is 647 g/mol. The Morgan fingerprint density at radius 1 is 0.896 bits per heavy atom. The van der Waals surface area contributed by atoms with Gasteiger partial charge < -0.3 is 25.8 Å². The van der Waals surface area contributed by atoms with Gasteiger partial charge in [0.15, 0.2) is 0 Å². The molecule has 3 aromatic carbocycles. The fourth-order valence-electron chi connectivity index (χ4n) is 7.86. The van der Waals surface area contributed by atoms with Crippen LogP contribution in [0.4, 0.5) is 17.1 Å². The molecule has 250 valence electrons. The summed E-state index contributed by atoms with van der Waals surface area (Å²) >= 11 is 0. The Labute approximate surface area is 282 Å². The van der Waals surface area contributed by atoms with Crippen LogP contribution in [0.3, 0.4) is 0 Å². The molecule has 10 heteroatoms. The summed E-state index contributed by atoms with van der Waals surface area (Å²) in [6.45, 7) is 5.47. The molecule has 3 fully saturated rings. The smallest absolute Gasteiger partial charge is 0.255 e. The van der Waals surface area contributed by atoms with Gasteiger partial charge in [0.1, 0.15) is 6.04 Å². The average molecular weight is 648 g/mol. The van der Waals surface area contributed by atoms with Gasteiger partial charge in [-0.1, -0.05) is 24.3 Å². The fraction of sp³-hybridized carbons (Fsp3) is 0.421. The number of amides is 3. The summed E-state index contributed by atoms with van der Waals surface area (Å²) < 4.78 is 0. The van der Waals surface area contributed by atoms with E-state index >= 15 is 0 Å². The average Bonchev–Trinajstić information content (AvgIpc) is 3.44. The number of hydrogen-bond acceptors (Lipinski definition) is 8. The number of nitrogens with one attached hydrogen (secondary N) is 4. The van der Waals surface area contributed by atoms with Crippen LogP contribution in [0.1, 0.15) is 77.1 Å². The van der Waals surface area contributed by atoms with Gasteiger partial charge in [-0.05, 0) is 104 Å². The highest BCUT2D eigenvalue weighted by molar-refractivity contribution is 6.05. The molecule has 0 spiro atoms. The van der Waals surface area contributed by atoms with Crippen molar-refractivity contribution in [3.05, 3.63) is 88.5 Å². The number of carbonyl (C=O) groups excluding carboxylic acids is 3. The van der Waals surface area contributed by atoms with E-state index in [1.54, 1.807) is 4.90 Å². The second-order valence-electron chi connectivity index (χ2n) is 13.6. The van der Waals surface area contributed by atoms with Crippen molar-refractivity contribution in [1.82, 2.24) is 15.1 Å². The van der Waals surface area contributed by atoms with Crippen LogP contribution in [0, 0.1) is 5.41 Å². The van der Waals surface area contributed by atoms with Crippen LogP contribution in [0.5, 0.6) is 0 Å². The van der Waals surface area contributed by atoms with Crippen molar-refractivity contribution in [2.75, 3.05) is 48.8 Å². The van der Waals surface area contributed by atoms with E-state index in [-0.39, 0.29) is 24.1 Å². The summed E-state index contributed by atoms with van der Waals surface area (Å²) in [4.78, 5) is 43.7. The van der Waals surface area contributed by atoms with Crippen LogP contribution in [-0.4, -0.2) is 79.0 Å². The van der Waals surface area contributed by atoms with E-state index in [1.807, 2.05) is 25.2 Å². The molecule has 4 aliphatic heterocycles. The van der Waals surface area contributed by atoms with Gasteiger partial charge in [-0.15, -0.1) is 0 Å². The zero-order chi connectivity index (χ0) is 33.2. The summed E-state index contributed by atoms with van der Waals surface area (Å²) in [7, 11) is 1.88. The molecule has 3 amide bonds. The molecule has 0 radical (unpaired) electrons. The number of fused-ring (bicyclic) bond motifs is 1. The predicted molar refractivity (Wildman–Crippen MR) is 189 cm³/mol. The van der Waals surface area contributed by atoms with Gasteiger partial charge in [0.25, 0.3) is 5.91 Å². The molecule has 4 N–H and O–H groups in total. The zero-order valence-electron chi connectivity index (χ0n) is 27.6. The van der Waals surface area contributed by atoms with E-state index in [9.17, 15) is 14.4 Å². The van der Waals surface area contributed by atoms with Crippen molar-refractivity contribution < 1.29 is 14.4 Å². The molecule has 3 aromatic rings. The maximum atomic E-state index is 13.1. The number of anilines is 3. The molecule has 0 saturated carbocycles. The molecule has 0 aromatic heterocycles. The van der Waals surface area contributed by atoms with Crippen molar-refractivity contribution >= 4 is 41.0 Å². The quantitative estimate of drug-likeness (QED) is 0.192. The van der Waals surface area contributed by atoms with E-state index in [2.05, 4.69) is 68.2 Å². The Hall–Kier alpha value is -4.70. The van der Waals surface area contributed by atoms with Gasteiger partial charge in [-0.25, -0.2) is 0 Å². The van der Waals surface area contributed by atoms with Crippen molar-refractivity contribution in [2.24, 2.45) is 0 Å². The molecular formula is C38H45N7O3. The third-order valence-electron chi connectivity index (χ3n) is 10.7. The second kappa shape index (κ2) is 13.8. The molecule has 48 heavy (non-hydrogen) atoms. The van der Waals surface area contributed by atoms with Crippen LogP contribution in [0.2, 0.25) is 0 Å². The van der Waals surface area contributed by atoms with Crippen molar-refractivity contribution in [2.45, 2.75) is 69.6 Å². The number of piperidine rings is 3. The first-order chi connectivity index (χ1) is 23.4. The maximum Gasteiger partial charge on any atom is 0.255 e. The lowest BCUT2D eigenvalue weighted by molar-refractivity contribution is -0.136. The number of benzene rings is 3. The lowest BCUT2D eigenvalue weighted by Crippen LogP contribution is -2.52. The normalized spacial score (nSPS) is 20.9. The first-order valence-corrected chi connectivity index (χ1v) is 17.3. The van der Waals surface area contributed by atoms with Gasteiger partial charge in [0.05, 0.1) is 0 Å². The highest BCUT2D eigenvalue weighted by Crippen LogP contribution is 2.34. The summed E-state index contributed by atoms with van der Waals surface area (Å²) in [5.74, 6) is -0.288. The van der Waals surface area contributed by atoms with Gasteiger partial charge >= 0.3 is 0 Å². The van der Waals surface area contributed by atoms with Gasteiger partial charge in [0, 0.05) is 80.1 Å². The number of hydrogen-bond donors (Lipinski definition) is 4. The molecule has 4 aliphatic rings. The molecule has 1 unspecified atom stereocenters. The molecule has 3 saturated heterocycles. The SMILES string of the molecule is CNc1ccc(NC2CCN(c3ccc(CN4CCC(c5ccc6c(c5)CN(C5CCC(=O)NC5=O)C6=O)CC4)cc3)CC2)cc1C=N. The summed E-state index contributed by atoms with van der Waals surface area (Å²) in [5, 5.41) is 16.9. The maximum absolute atomic E-state index is 13.1. The molecule has 7 rings (SSSR count). The molecule has 1 atom stereocenters. The Morgan fingerprint density at radius 2 is 1.67 bits per heavy atom. The first-order valence-electron chi connectivity index (χ1n) is 17.3. The third kappa shape index (κ3) is 6.67. The number of nitrogens with zero attached hydrogens (tertiary/aromatic N) is 3. The van der Waals surface area contributed by atoms with E-state index in [1.165, 1.54) is 23.0 Å². The Balaban J connectivity index is 0.874. The molecular weight excluding hydrogens is 602 g/mol. The molecule has 4 heterocycles. The second-order valence-corrected chi connectivity index (χ2v) is 13.6. The zero-order valence-corrected chi connectivity index (χ0v) is 27.6. The molecule has 0 aliphatic carbocycles. The van der Waals surface area contributed by atoms with E-state index in [4.69, 9.17) is 5.41 Å². The molecule has 0 bridgehead atoms. The Kier molecular flexibility index (Phi) is 9.17. The highest BCUT2D eigenvalue weighted by Gasteiger charge is 2.39. The third-order valence-corrected chi connectivity index (χ3v) is 10.7. The topological polar surface area (TPSA) is 121 Å². The number of likely N-dealkylation sites (tertiary alicyclic amines) is 1. The van der Waals surface area contributed by atoms with E-state index in [0.717, 1.165) is 80.9 Å². The van der Waals surface area contributed by atoms with Crippen LogP contribution >= 0.6 is 0 Å². The minimum Gasteiger partial charge on any atom is -0.388 e. The van der Waals surface area contributed by atoms with Crippen LogP contribution in [-0.2, 0) is 22.7 Å². The van der Waals surface area contributed by atoms with Crippen LogP contribution in [0.25, 0.3) is 0 Å². The summed E-state index contributed by atoms with van der Waals surface area (Å²) in [5.41, 5.74) is 8.50. The van der Waals surface area contributed by atoms with Gasteiger partial charge in [-0.3, -0.25) is 24.6 Å². The summed E-state index contributed by atoms with van der Waals surface area (Å²) in [6.07, 6.45) is 6.35. The number of carbonyl (C=O) groups is 3. The van der Waals surface area contributed by atoms with E-state index in [0.29, 0.717) is 30.5 Å². The largest absolute Gasteiger partial charge is 0.388 e. The minimum atomic E-state index is -0.576. The van der Waals surface area contributed by atoms with Gasteiger partial charge in [0.2, 0.25) is 11.8 Å². The summed E-state index contributed by atoms with van der Waals surface area (Å²) in [6, 6.07) is 21.3. The predicted octanol–water partition coefficient (Wildman–Crippen LogP) is 4.95. The lowest BCUT2D eigenvalue weighted by atomic mass is 9.87. The number of imide groups is 1. The van der Waals surface area contributed by atoms with Gasteiger partial charge in [-0.2, -0.15) is 0 Å². The lowest BCUT2D eigenvalue weighted by Gasteiger charge is -2.35. The highest BCUT2D eigenvalue weighted by atomic mass is 16.2. The Morgan fingerprint density at radius 3 is 2.38 bits per heavy atom. The van der Waals surface area contributed by atoms with Crippen molar-refractivity contribution in [1.29, 1.82) is 5.41 Å².